The SMILES string of the molecule is CCCCCCCCCCCCCCCCC1CCCCCS1. The first-order valence-corrected chi connectivity index (χ1v) is 12.1. The highest BCUT2D eigenvalue weighted by Crippen LogP contribution is 2.28. The quantitative estimate of drug-likeness (QED) is 0.269. The van der Waals surface area contributed by atoms with Crippen LogP contribution in [0.25, 0.3) is 0 Å². The summed E-state index contributed by atoms with van der Waals surface area (Å²) in [6.07, 6.45) is 28.2. The monoisotopic (exact) mass is 340 g/mol. The van der Waals surface area contributed by atoms with Gasteiger partial charge in [0.25, 0.3) is 0 Å². The molecule has 0 spiro atoms. The molecule has 0 saturated carbocycles. The van der Waals surface area contributed by atoms with Crippen molar-refractivity contribution >= 4 is 11.8 Å². The zero-order chi connectivity index (χ0) is 16.4. The van der Waals surface area contributed by atoms with Gasteiger partial charge in [-0.25, -0.2) is 0 Å². The van der Waals surface area contributed by atoms with Gasteiger partial charge in [0.1, 0.15) is 0 Å². The summed E-state index contributed by atoms with van der Waals surface area (Å²) < 4.78 is 0. The first-order chi connectivity index (χ1) is 11.4. The molecule has 0 bridgehead atoms. The fraction of sp³-hybridized carbons (Fsp3) is 1.00. The Labute approximate surface area is 152 Å². The molecule has 1 aliphatic heterocycles. The Hall–Kier alpha value is 0.350. The van der Waals surface area contributed by atoms with Crippen LogP contribution >= 0.6 is 11.8 Å². The van der Waals surface area contributed by atoms with Gasteiger partial charge in [-0.2, -0.15) is 11.8 Å². The second-order valence-electron chi connectivity index (χ2n) is 7.73. The summed E-state index contributed by atoms with van der Waals surface area (Å²) in [5.74, 6) is 1.43. The predicted octanol–water partition coefficient (Wildman–Crippen LogP) is 8.53. The molecule has 1 rings (SSSR count). The van der Waals surface area contributed by atoms with Crippen LogP contribution in [0.15, 0.2) is 0 Å². The van der Waals surface area contributed by atoms with Crippen molar-refractivity contribution in [2.24, 2.45) is 0 Å². The topological polar surface area (TPSA) is 0 Å². The average Bonchev–Trinajstić information content (AvgIpc) is 2.84. The van der Waals surface area contributed by atoms with Gasteiger partial charge in [0.2, 0.25) is 0 Å². The zero-order valence-corrected chi connectivity index (χ0v) is 16.9. The second kappa shape index (κ2) is 17.2. The molecule has 0 N–H and O–H groups in total. The van der Waals surface area contributed by atoms with Gasteiger partial charge in [-0.1, -0.05) is 110 Å². The van der Waals surface area contributed by atoms with Gasteiger partial charge in [-0.15, -0.1) is 0 Å². The first-order valence-electron chi connectivity index (χ1n) is 11.0. The molecule has 0 aromatic heterocycles. The fourth-order valence-electron chi connectivity index (χ4n) is 3.78. The summed E-state index contributed by atoms with van der Waals surface area (Å²) >= 11 is 2.27. The fourth-order valence-corrected chi connectivity index (χ4v) is 5.15. The van der Waals surface area contributed by atoms with Crippen molar-refractivity contribution in [1.29, 1.82) is 0 Å². The summed E-state index contributed by atoms with van der Waals surface area (Å²) in [5.41, 5.74) is 0. The Bertz CT molecular complexity index is 218. The molecule has 23 heavy (non-hydrogen) atoms. The van der Waals surface area contributed by atoms with E-state index in [9.17, 15) is 0 Å². The number of rotatable bonds is 15. The molecular formula is C22H44S. The normalized spacial score (nSPS) is 18.9. The Morgan fingerprint density at radius 3 is 1.70 bits per heavy atom. The van der Waals surface area contributed by atoms with Gasteiger partial charge in [0, 0.05) is 5.25 Å². The maximum atomic E-state index is 2.30. The van der Waals surface area contributed by atoms with Gasteiger partial charge in [-0.3, -0.25) is 0 Å². The van der Waals surface area contributed by atoms with Crippen LogP contribution in [0.5, 0.6) is 0 Å². The minimum atomic E-state index is 1.01. The van der Waals surface area contributed by atoms with E-state index in [2.05, 4.69) is 18.7 Å². The molecule has 0 aromatic rings. The van der Waals surface area contributed by atoms with Crippen LogP contribution < -0.4 is 0 Å². The maximum absolute atomic E-state index is 2.30. The van der Waals surface area contributed by atoms with E-state index in [1.165, 1.54) is 128 Å². The van der Waals surface area contributed by atoms with E-state index in [0.717, 1.165) is 5.25 Å². The molecule has 1 aliphatic rings. The standard InChI is InChI=1S/C22H44S/c1-2-3-4-5-6-7-8-9-10-11-12-13-14-16-19-22-20-17-15-18-21-23-22/h22H,2-21H2,1H3. The molecule has 1 atom stereocenters. The zero-order valence-electron chi connectivity index (χ0n) is 16.1. The third-order valence-corrected chi connectivity index (χ3v) is 6.87. The smallest absolute Gasteiger partial charge is 0.00470 e. The van der Waals surface area contributed by atoms with E-state index >= 15 is 0 Å². The molecule has 1 unspecified atom stereocenters. The summed E-state index contributed by atoms with van der Waals surface area (Å²) in [5, 5.41) is 1.01. The van der Waals surface area contributed by atoms with Gasteiger partial charge in [-0.05, 0) is 25.0 Å². The minimum Gasteiger partial charge on any atom is -0.159 e. The Morgan fingerprint density at radius 2 is 1.13 bits per heavy atom. The summed E-state index contributed by atoms with van der Waals surface area (Å²) in [4.78, 5) is 0. The maximum Gasteiger partial charge on any atom is 0.00470 e. The van der Waals surface area contributed by atoms with Crippen LogP contribution in [0, 0.1) is 0 Å². The molecule has 1 fully saturated rings. The Balaban J connectivity index is 1.71. The van der Waals surface area contributed by atoms with Crippen LogP contribution in [-0.4, -0.2) is 11.0 Å². The number of thioether (sulfide) groups is 1. The highest BCUT2D eigenvalue weighted by atomic mass is 32.2. The van der Waals surface area contributed by atoms with Crippen LogP contribution in [0.3, 0.4) is 0 Å². The Morgan fingerprint density at radius 1 is 0.609 bits per heavy atom. The third kappa shape index (κ3) is 14.4. The van der Waals surface area contributed by atoms with Gasteiger partial charge in [0.05, 0.1) is 0 Å². The van der Waals surface area contributed by atoms with Crippen LogP contribution in [0.4, 0.5) is 0 Å². The van der Waals surface area contributed by atoms with E-state index in [-0.39, 0.29) is 0 Å². The minimum absolute atomic E-state index is 1.01. The van der Waals surface area contributed by atoms with E-state index in [1.807, 2.05) is 0 Å². The molecule has 0 aliphatic carbocycles. The van der Waals surface area contributed by atoms with Crippen molar-refractivity contribution in [3.63, 3.8) is 0 Å². The van der Waals surface area contributed by atoms with Gasteiger partial charge >= 0.3 is 0 Å². The molecule has 0 amide bonds. The highest BCUT2D eigenvalue weighted by molar-refractivity contribution is 7.99. The largest absolute Gasteiger partial charge is 0.159 e. The molecule has 138 valence electrons. The van der Waals surface area contributed by atoms with Crippen molar-refractivity contribution in [2.75, 3.05) is 5.75 Å². The lowest BCUT2D eigenvalue weighted by Crippen LogP contribution is -2.01. The molecule has 1 saturated heterocycles. The molecule has 1 heteroatoms. The van der Waals surface area contributed by atoms with Crippen LogP contribution in [-0.2, 0) is 0 Å². The molecule has 1 heterocycles. The predicted molar refractivity (Wildman–Crippen MR) is 110 cm³/mol. The van der Waals surface area contributed by atoms with Crippen LogP contribution in [0.2, 0.25) is 0 Å². The van der Waals surface area contributed by atoms with Crippen molar-refractivity contribution < 1.29 is 0 Å². The van der Waals surface area contributed by atoms with Crippen LogP contribution in [0.1, 0.15) is 129 Å². The second-order valence-corrected chi connectivity index (χ2v) is 9.14. The van der Waals surface area contributed by atoms with E-state index in [4.69, 9.17) is 0 Å². The van der Waals surface area contributed by atoms with Gasteiger partial charge in [0.15, 0.2) is 0 Å². The van der Waals surface area contributed by atoms with E-state index in [1.54, 1.807) is 0 Å². The molecular weight excluding hydrogens is 296 g/mol. The lowest BCUT2D eigenvalue weighted by molar-refractivity contribution is 0.527. The first kappa shape index (κ1) is 21.4. The number of hydrogen-bond donors (Lipinski definition) is 0. The highest BCUT2D eigenvalue weighted by Gasteiger charge is 2.11. The lowest BCUT2D eigenvalue weighted by Gasteiger charge is -2.12. The van der Waals surface area contributed by atoms with Crippen molar-refractivity contribution in [2.45, 2.75) is 134 Å². The average molecular weight is 341 g/mol. The lowest BCUT2D eigenvalue weighted by atomic mass is 10.0. The summed E-state index contributed by atoms with van der Waals surface area (Å²) in [6.45, 7) is 2.30. The number of hydrogen-bond acceptors (Lipinski definition) is 1. The van der Waals surface area contributed by atoms with E-state index in [0.29, 0.717) is 0 Å². The summed E-state index contributed by atoms with van der Waals surface area (Å²) in [7, 11) is 0. The molecule has 0 nitrogen and oxygen atoms in total. The van der Waals surface area contributed by atoms with Gasteiger partial charge < -0.3 is 0 Å². The van der Waals surface area contributed by atoms with Crippen molar-refractivity contribution in [3.8, 4) is 0 Å². The van der Waals surface area contributed by atoms with Crippen molar-refractivity contribution in [3.05, 3.63) is 0 Å². The molecule has 0 radical (unpaired) electrons. The third-order valence-electron chi connectivity index (χ3n) is 5.40. The van der Waals surface area contributed by atoms with Crippen molar-refractivity contribution in [1.82, 2.24) is 0 Å². The Kier molecular flexibility index (Phi) is 16.0. The van der Waals surface area contributed by atoms with E-state index < -0.39 is 0 Å². The number of unbranched alkanes of at least 4 members (excludes halogenated alkanes) is 13. The molecule has 0 aromatic carbocycles. The summed E-state index contributed by atoms with van der Waals surface area (Å²) in [6, 6.07) is 0.